The Bertz CT molecular complexity index is 1180. The number of aromatic nitrogens is 2. The minimum Gasteiger partial charge on any atom is -0.507 e. The Labute approximate surface area is 171 Å². The number of amides is 1. The van der Waals surface area contributed by atoms with E-state index < -0.39 is 6.04 Å². The van der Waals surface area contributed by atoms with Gasteiger partial charge in [-0.2, -0.15) is 5.10 Å². The van der Waals surface area contributed by atoms with Crippen LogP contribution in [0.25, 0.3) is 11.3 Å². The maximum absolute atomic E-state index is 13.2. The molecule has 1 atom stereocenters. The summed E-state index contributed by atoms with van der Waals surface area (Å²) in [5, 5.41) is 18.2. The maximum Gasteiger partial charge on any atom is 0.273 e. The first-order chi connectivity index (χ1) is 14.1. The van der Waals surface area contributed by atoms with Gasteiger partial charge in [0, 0.05) is 16.1 Å². The summed E-state index contributed by atoms with van der Waals surface area (Å²) >= 11 is 6.08. The lowest BCUT2D eigenvalue weighted by molar-refractivity contribution is 0.0717. The molecule has 2 aromatic carbocycles. The topological polar surface area (TPSA) is 82.4 Å². The molecule has 1 amide bonds. The molecule has 0 unspecified atom stereocenters. The van der Waals surface area contributed by atoms with Crippen LogP contribution >= 0.6 is 11.6 Å². The van der Waals surface area contributed by atoms with Gasteiger partial charge in [0.05, 0.1) is 18.8 Å². The van der Waals surface area contributed by atoms with Gasteiger partial charge in [0.25, 0.3) is 5.91 Å². The molecule has 3 heterocycles. The van der Waals surface area contributed by atoms with Crippen LogP contribution in [0.15, 0.2) is 71.3 Å². The van der Waals surface area contributed by atoms with Crippen LogP contribution in [0.5, 0.6) is 5.75 Å². The molecule has 0 saturated carbocycles. The van der Waals surface area contributed by atoms with Gasteiger partial charge in [-0.3, -0.25) is 9.89 Å². The number of rotatable bonds is 4. The van der Waals surface area contributed by atoms with E-state index in [4.69, 9.17) is 16.0 Å². The molecular formula is C22H16ClN3O3. The van der Waals surface area contributed by atoms with Gasteiger partial charge >= 0.3 is 0 Å². The predicted octanol–water partition coefficient (Wildman–Crippen LogP) is 4.77. The number of hydrogen-bond donors (Lipinski definition) is 2. The van der Waals surface area contributed by atoms with E-state index in [1.807, 2.05) is 24.3 Å². The van der Waals surface area contributed by atoms with Crippen molar-refractivity contribution in [1.82, 2.24) is 15.1 Å². The van der Waals surface area contributed by atoms with E-state index in [1.165, 1.54) is 0 Å². The number of phenolic OH excluding ortho intramolecular Hbond substituents is 1. The lowest BCUT2D eigenvalue weighted by Crippen LogP contribution is -2.28. The van der Waals surface area contributed by atoms with Crippen molar-refractivity contribution in [3.8, 4) is 17.0 Å². The van der Waals surface area contributed by atoms with Crippen LogP contribution in [0.1, 0.15) is 33.4 Å². The second-order valence-corrected chi connectivity index (χ2v) is 7.28. The summed E-state index contributed by atoms with van der Waals surface area (Å²) in [6.07, 6.45) is 1.58. The van der Waals surface area contributed by atoms with E-state index in [9.17, 15) is 9.90 Å². The first-order valence-electron chi connectivity index (χ1n) is 9.09. The van der Waals surface area contributed by atoms with Crippen LogP contribution in [0.2, 0.25) is 5.02 Å². The number of furan rings is 1. The standard InChI is InChI=1S/C22H16ClN3O3/c23-14-9-7-13(8-10-14)21-18-19(16-5-1-2-6-17(16)27)24-25-20(18)22(28)26(21)12-15-4-3-11-29-15/h1-11,21,27H,12H2,(H,24,25)/t21-/m0/s1. The lowest BCUT2D eigenvalue weighted by atomic mass is 9.95. The van der Waals surface area contributed by atoms with E-state index in [0.717, 1.165) is 11.1 Å². The molecule has 7 heteroatoms. The summed E-state index contributed by atoms with van der Waals surface area (Å²) in [6, 6.07) is 17.6. The van der Waals surface area contributed by atoms with Gasteiger partial charge in [-0.1, -0.05) is 35.9 Å². The molecule has 0 fully saturated rings. The molecule has 2 N–H and O–H groups in total. The second kappa shape index (κ2) is 6.83. The second-order valence-electron chi connectivity index (χ2n) is 6.84. The number of hydrogen-bond acceptors (Lipinski definition) is 4. The Kier molecular flexibility index (Phi) is 4.14. The lowest BCUT2D eigenvalue weighted by Gasteiger charge is -2.25. The molecule has 0 aliphatic carbocycles. The van der Waals surface area contributed by atoms with E-state index in [-0.39, 0.29) is 11.7 Å². The number of nitrogens with zero attached hydrogens (tertiary/aromatic N) is 2. The molecule has 6 nitrogen and oxygen atoms in total. The molecule has 0 radical (unpaired) electrons. The van der Waals surface area contributed by atoms with Crippen LogP contribution in [-0.4, -0.2) is 26.1 Å². The van der Waals surface area contributed by atoms with Gasteiger partial charge in [0.1, 0.15) is 22.9 Å². The Balaban J connectivity index is 1.68. The Morgan fingerprint density at radius 2 is 1.90 bits per heavy atom. The molecule has 29 heavy (non-hydrogen) atoms. The number of carbonyl (C=O) groups excluding carboxylic acids is 1. The van der Waals surface area contributed by atoms with Crippen molar-refractivity contribution in [3.63, 3.8) is 0 Å². The number of H-pyrrole nitrogens is 1. The molecular weight excluding hydrogens is 390 g/mol. The highest BCUT2D eigenvalue weighted by molar-refractivity contribution is 6.30. The first kappa shape index (κ1) is 17.6. The monoisotopic (exact) mass is 405 g/mol. The van der Waals surface area contributed by atoms with E-state index in [0.29, 0.717) is 34.3 Å². The summed E-state index contributed by atoms with van der Waals surface area (Å²) in [4.78, 5) is 15.0. The molecule has 0 saturated heterocycles. The number of para-hydroxylation sites is 1. The van der Waals surface area contributed by atoms with Gasteiger partial charge in [-0.25, -0.2) is 0 Å². The van der Waals surface area contributed by atoms with Crippen LogP contribution in [0.4, 0.5) is 0 Å². The fourth-order valence-corrected chi connectivity index (χ4v) is 3.93. The highest BCUT2D eigenvalue weighted by Crippen LogP contribution is 2.45. The van der Waals surface area contributed by atoms with Gasteiger partial charge in [-0.15, -0.1) is 0 Å². The molecule has 2 aromatic heterocycles. The fraction of sp³-hybridized carbons (Fsp3) is 0.0909. The van der Waals surface area contributed by atoms with Crippen LogP contribution in [0, 0.1) is 0 Å². The highest BCUT2D eigenvalue weighted by atomic mass is 35.5. The number of phenols is 1. The van der Waals surface area contributed by atoms with Crippen LogP contribution in [-0.2, 0) is 6.54 Å². The quantitative estimate of drug-likeness (QED) is 0.512. The molecule has 5 rings (SSSR count). The van der Waals surface area contributed by atoms with Gasteiger partial charge in [0.15, 0.2) is 0 Å². The van der Waals surface area contributed by atoms with E-state index in [1.54, 1.807) is 47.6 Å². The molecule has 1 aliphatic rings. The summed E-state index contributed by atoms with van der Waals surface area (Å²) in [5.41, 5.74) is 3.15. The number of benzene rings is 2. The van der Waals surface area contributed by atoms with Gasteiger partial charge < -0.3 is 14.4 Å². The Morgan fingerprint density at radius 3 is 2.62 bits per heavy atom. The van der Waals surface area contributed by atoms with Crippen LogP contribution < -0.4 is 0 Å². The summed E-state index contributed by atoms with van der Waals surface area (Å²) in [6.45, 7) is 0.307. The Hall–Kier alpha value is -3.51. The summed E-state index contributed by atoms with van der Waals surface area (Å²) < 4.78 is 5.48. The first-order valence-corrected chi connectivity index (χ1v) is 9.46. The zero-order valence-electron chi connectivity index (χ0n) is 15.2. The van der Waals surface area contributed by atoms with Crippen molar-refractivity contribution >= 4 is 17.5 Å². The van der Waals surface area contributed by atoms with Crippen molar-refractivity contribution < 1.29 is 14.3 Å². The average Bonchev–Trinajstić information content (AvgIpc) is 3.44. The third kappa shape index (κ3) is 2.89. The third-order valence-electron chi connectivity index (χ3n) is 5.11. The number of fused-ring (bicyclic) bond motifs is 1. The van der Waals surface area contributed by atoms with Crippen molar-refractivity contribution in [2.75, 3.05) is 0 Å². The van der Waals surface area contributed by atoms with E-state index >= 15 is 0 Å². The number of carbonyl (C=O) groups is 1. The molecule has 0 bridgehead atoms. The molecule has 144 valence electrons. The molecule has 0 spiro atoms. The molecule has 4 aromatic rings. The average molecular weight is 406 g/mol. The minimum absolute atomic E-state index is 0.105. The van der Waals surface area contributed by atoms with E-state index in [2.05, 4.69) is 10.2 Å². The predicted molar refractivity (Wildman–Crippen MR) is 108 cm³/mol. The number of aromatic amines is 1. The SMILES string of the molecule is O=C1c2[nH]nc(-c3ccccc3O)c2[C@H](c2ccc(Cl)cc2)N1Cc1ccco1. The van der Waals surface area contributed by atoms with Crippen molar-refractivity contribution in [1.29, 1.82) is 0 Å². The Morgan fingerprint density at radius 1 is 1.10 bits per heavy atom. The van der Waals surface area contributed by atoms with Crippen molar-refractivity contribution in [2.24, 2.45) is 0 Å². The van der Waals surface area contributed by atoms with Gasteiger partial charge in [-0.05, 0) is 42.0 Å². The highest BCUT2D eigenvalue weighted by Gasteiger charge is 2.42. The zero-order chi connectivity index (χ0) is 20.0. The molecule has 1 aliphatic heterocycles. The number of nitrogens with one attached hydrogen (secondary N) is 1. The maximum atomic E-state index is 13.2. The van der Waals surface area contributed by atoms with Crippen molar-refractivity contribution in [3.05, 3.63) is 94.5 Å². The summed E-state index contributed by atoms with van der Waals surface area (Å²) in [5.74, 6) is 0.610. The fourth-order valence-electron chi connectivity index (χ4n) is 3.80. The number of aromatic hydroxyl groups is 1. The number of halogens is 1. The smallest absolute Gasteiger partial charge is 0.273 e. The minimum atomic E-state index is -0.395. The van der Waals surface area contributed by atoms with Gasteiger partial charge in [0.2, 0.25) is 0 Å². The summed E-state index contributed by atoms with van der Waals surface area (Å²) in [7, 11) is 0. The van der Waals surface area contributed by atoms with Crippen LogP contribution in [0.3, 0.4) is 0 Å². The third-order valence-corrected chi connectivity index (χ3v) is 5.37. The normalized spacial score (nSPS) is 15.7. The zero-order valence-corrected chi connectivity index (χ0v) is 15.9. The largest absolute Gasteiger partial charge is 0.507 e. The van der Waals surface area contributed by atoms with Crippen molar-refractivity contribution in [2.45, 2.75) is 12.6 Å².